The molecule has 1 aromatic rings. The van der Waals surface area contributed by atoms with E-state index < -0.39 is 0 Å². The fourth-order valence-corrected chi connectivity index (χ4v) is 2.24. The molecule has 0 saturated carbocycles. The molecule has 1 aromatic carbocycles. The van der Waals surface area contributed by atoms with Crippen LogP contribution in [0.5, 0.6) is 0 Å². The third-order valence-electron chi connectivity index (χ3n) is 3.11. The van der Waals surface area contributed by atoms with E-state index in [0.717, 1.165) is 6.42 Å². The summed E-state index contributed by atoms with van der Waals surface area (Å²) in [6.07, 6.45) is 11.8. The average molecular weight is 212 g/mol. The van der Waals surface area contributed by atoms with Crippen molar-refractivity contribution in [2.75, 3.05) is 0 Å². The van der Waals surface area contributed by atoms with Gasteiger partial charge in [-0.25, -0.2) is 0 Å². The summed E-state index contributed by atoms with van der Waals surface area (Å²) in [5.74, 6) is 0. The van der Waals surface area contributed by atoms with E-state index >= 15 is 0 Å². The van der Waals surface area contributed by atoms with Crippen LogP contribution in [0, 0.1) is 0 Å². The molecule has 0 amide bonds. The first-order valence-corrected chi connectivity index (χ1v) is 6.27. The van der Waals surface area contributed by atoms with Crippen LogP contribution < -0.4 is 0 Å². The molecule has 0 unspecified atom stereocenters. The number of hydrogen-bond donors (Lipinski definition) is 0. The third kappa shape index (κ3) is 2.44. The highest BCUT2D eigenvalue weighted by molar-refractivity contribution is 5.73. The Morgan fingerprint density at radius 2 is 2.19 bits per heavy atom. The van der Waals surface area contributed by atoms with Crippen LogP contribution in [0.4, 0.5) is 0 Å². The molecule has 1 aliphatic carbocycles. The number of fused-ring (bicyclic) bond motifs is 1. The predicted molar refractivity (Wildman–Crippen MR) is 72.4 cm³/mol. The van der Waals surface area contributed by atoms with Crippen LogP contribution in [0.25, 0.3) is 12.2 Å². The Morgan fingerprint density at radius 1 is 1.31 bits per heavy atom. The molecular weight excluding hydrogens is 192 g/mol. The SMILES string of the molecule is CCCCC=Cc1cccc2c1C=C(C)C2. The topological polar surface area (TPSA) is 0 Å². The summed E-state index contributed by atoms with van der Waals surface area (Å²) in [5, 5.41) is 0. The molecule has 0 heterocycles. The van der Waals surface area contributed by atoms with E-state index in [4.69, 9.17) is 0 Å². The van der Waals surface area contributed by atoms with Crippen molar-refractivity contribution in [1.29, 1.82) is 0 Å². The lowest BCUT2D eigenvalue weighted by molar-refractivity contribution is 0.816. The average Bonchev–Trinajstić information content (AvgIpc) is 2.65. The molecule has 0 saturated heterocycles. The van der Waals surface area contributed by atoms with Gasteiger partial charge in [0.25, 0.3) is 0 Å². The quantitative estimate of drug-likeness (QED) is 0.626. The smallest absolute Gasteiger partial charge is 0.00604 e. The van der Waals surface area contributed by atoms with Crippen LogP contribution in [-0.4, -0.2) is 0 Å². The lowest BCUT2D eigenvalue weighted by atomic mass is 10.0. The first kappa shape index (κ1) is 11.2. The lowest BCUT2D eigenvalue weighted by Gasteiger charge is -2.02. The van der Waals surface area contributed by atoms with E-state index in [1.54, 1.807) is 0 Å². The highest BCUT2D eigenvalue weighted by atomic mass is 14.2. The second-order valence-corrected chi connectivity index (χ2v) is 4.63. The van der Waals surface area contributed by atoms with E-state index in [9.17, 15) is 0 Å². The van der Waals surface area contributed by atoms with Gasteiger partial charge in [-0.05, 0) is 36.5 Å². The molecule has 1 aliphatic rings. The van der Waals surface area contributed by atoms with Gasteiger partial charge in [0.1, 0.15) is 0 Å². The van der Waals surface area contributed by atoms with E-state index in [1.807, 2.05) is 0 Å². The monoisotopic (exact) mass is 212 g/mol. The van der Waals surface area contributed by atoms with Crippen LogP contribution in [0.1, 0.15) is 49.8 Å². The van der Waals surface area contributed by atoms with Gasteiger partial charge in [-0.3, -0.25) is 0 Å². The number of unbranched alkanes of at least 4 members (excludes halogenated alkanes) is 2. The van der Waals surface area contributed by atoms with Gasteiger partial charge in [-0.2, -0.15) is 0 Å². The molecule has 16 heavy (non-hydrogen) atoms. The van der Waals surface area contributed by atoms with Crippen molar-refractivity contribution >= 4 is 12.2 Å². The highest BCUT2D eigenvalue weighted by Crippen LogP contribution is 2.28. The van der Waals surface area contributed by atoms with Crippen LogP contribution in [0.3, 0.4) is 0 Å². The third-order valence-corrected chi connectivity index (χ3v) is 3.11. The van der Waals surface area contributed by atoms with Crippen LogP contribution in [0.2, 0.25) is 0 Å². The van der Waals surface area contributed by atoms with Gasteiger partial charge >= 0.3 is 0 Å². The summed E-state index contributed by atoms with van der Waals surface area (Å²) in [4.78, 5) is 0. The number of hydrogen-bond acceptors (Lipinski definition) is 0. The van der Waals surface area contributed by atoms with Crippen molar-refractivity contribution in [1.82, 2.24) is 0 Å². The van der Waals surface area contributed by atoms with Crippen molar-refractivity contribution in [2.45, 2.75) is 39.5 Å². The van der Waals surface area contributed by atoms with Crippen molar-refractivity contribution in [3.8, 4) is 0 Å². The number of rotatable bonds is 4. The molecule has 0 nitrogen and oxygen atoms in total. The van der Waals surface area contributed by atoms with Gasteiger partial charge in [0.15, 0.2) is 0 Å². The highest BCUT2D eigenvalue weighted by Gasteiger charge is 2.10. The molecule has 0 heteroatoms. The standard InChI is InChI=1S/C16H20/c1-3-4-5-6-8-14-9-7-10-15-11-13(2)12-16(14)15/h6-10,12H,3-5,11H2,1-2H3. The van der Waals surface area contributed by atoms with Crippen LogP contribution >= 0.6 is 0 Å². The normalized spacial score (nSPS) is 14.2. The summed E-state index contributed by atoms with van der Waals surface area (Å²) in [7, 11) is 0. The fourth-order valence-electron chi connectivity index (χ4n) is 2.24. The first-order chi connectivity index (χ1) is 7.81. The van der Waals surface area contributed by atoms with Gasteiger partial charge in [0.05, 0.1) is 0 Å². The molecule has 0 aromatic heterocycles. The minimum atomic E-state index is 1.13. The van der Waals surface area contributed by atoms with E-state index in [-0.39, 0.29) is 0 Å². The van der Waals surface area contributed by atoms with Crippen molar-refractivity contribution in [3.05, 3.63) is 46.5 Å². The zero-order valence-corrected chi connectivity index (χ0v) is 10.3. The second-order valence-electron chi connectivity index (χ2n) is 4.63. The van der Waals surface area contributed by atoms with Gasteiger partial charge in [0, 0.05) is 0 Å². The molecule has 0 spiro atoms. The molecule has 2 rings (SSSR count). The Morgan fingerprint density at radius 3 is 3.00 bits per heavy atom. The minimum absolute atomic E-state index is 1.13. The van der Waals surface area contributed by atoms with Crippen molar-refractivity contribution in [3.63, 3.8) is 0 Å². The summed E-state index contributed by atoms with van der Waals surface area (Å²) in [6.45, 7) is 4.45. The number of allylic oxidation sites excluding steroid dienone is 2. The Labute approximate surface area is 98.7 Å². The van der Waals surface area contributed by atoms with E-state index in [2.05, 4.69) is 50.3 Å². The van der Waals surface area contributed by atoms with Gasteiger partial charge < -0.3 is 0 Å². The minimum Gasteiger partial charge on any atom is -0.0839 e. The molecule has 0 radical (unpaired) electrons. The summed E-state index contributed by atoms with van der Waals surface area (Å²) >= 11 is 0. The zero-order chi connectivity index (χ0) is 11.4. The molecule has 0 bridgehead atoms. The van der Waals surface area contributed by atoms with E-state index in [1.165, 1.54) is 41.5 Å². The number of benzene rings is 1. The molecular formula is C16H20. The van der Waals surface area contributed by atoms with Crippen LogP contribution in [-0.2, 0) is 6.42 Å². The van der Waals surface area contributed by atoms with Crippen molar-refractivity contribution < 1.29 is 0 Å². The maximum atomic E-state index is 2.33. The summed E-state index contributed by atoms with van der Waals surface area (Å²) < 4.78 is 0. The van der Waals surface area contributed by atoms with Gasteiger partial charge in [0.2, 0.25) is 0 Å². The summed E-state index contributed by atoms with van der Waals surface area (Å²) in [6, 6.07) is 6.63. The fraction of sp³-hybridized carbons (Fsp3) is 0.375. The first-order valence-electron chi connectivity index (χ1n) is 6.27. The van der Waals surface area contributed by atoms with Crippen LogP contribution in [0.15, 0.2) is 29.8 Å². The largest absolute Gasteiger partial charge is 0.0839 e. The molecule has 0 atom stereocenters. The molecule has 84 valence electrons. The molecule has 0 N–H and O–H groups in total. The van der Waals surface area contributed by atoms with Gasteiger partial charge in [-0.1, -0.05) is 61.8 Å². The zero-order valence-electron chi connectivity index (χ0n) is 10.3. The van der Waals surface area contributed by atoms with Crippen molar-refractivity contribution in [2.24, 2.45) is 0 Å². The maximum absolute atomic E-state index is 2.33. The Hall–Kier alpha value is -1.30. The molecule has 0 fully saturated rings. The predicted octanol–water partition coefficient (Wildman–Crippen LogP) is 4.85. The van der Waals surface area contributed by atoms with Gasteiger partial charge in [-0.15, -0.1) is 0 Å². The maximum Gasteiger partial charge on any atom is -0.00604 e. The summed E-state index contributed by atoms with van der Waals surface area (Å²) in [5.41, 5.74) is 5.78. The van der Waals surface area contributed by atoms with E-state index in [0.29, 0.717) is 0 Å². The Bertz CT molecular complexity index is 422. The Balaban J connectivity index is 2.16. The Kier molecular flexibility index (Phi) is 3.61. The second kappa shape index (κ2) is 5.16. The molecule has 0 aliphatic heterocycles. The lowest BCUT2D eigenvalue weighted by Crippen LogP contribution is -1.85.